The molecule has 2 aromatic heterocycles. The smallest absolute Gasteiger partial charge is 0.445 e. The molecular weight excluding hydrogens is 180 g/mol. The van der Waals surface area contributed by atoms with Gasteiger partial charge in [-0.3, -0.25) is 0 Å². The standard InChI is InChI=1S/C7H5BF3N2/c9-8(10,11)6-2-1-4-13-5-3-12-7(6)13/h1-5H/q-1. The number of pyridine rings is 1. The van der Waals surface area contributed by atoms with Crippen molar-refractivity contribution in [2.75, 3.05) is 0 Å². The highest BCUT2D eigenvalue weighted by molar-refractivity contribution is 6.75. The van der Waals surface area contributed by atoms with E-state index < -0.39 is 12.4 Å². The van der Waals surface area contributed by atoms with Gasteiger partial charge in [-0.05, 0) is 6.07 Å². The molecule has 0 aliphatic rings. The highest BCUT2D eigenvalue weighted by Gasteiger charge is 2.28. The number of rotatable bonds is 1. The topological polar surface area (TPSA) is 17.3 Å². The lowest BCUT2D eigenvalue weighted by atomic mass is 9.81. The molecule has 0 unspecified atom stereocenters. The molecule has 0 saturated heterocycles. The maximum Gasteiger partial charge on any atom is 0.513 e. The summed E-state index contributed by atoms with van der Waals surface area (Å²) >= 11 is 0. The van der Waals surface area contributed by atoms with Gasteiger partial charge in [0.15, 0.2) is 0 Å². The monoisotopic (exact) mass is 185 g/mol. The zero-order valence-corrected chi connectivity index (χ0v) is 6.49. The van der Waals surface area contributed by atoms with E-state index in [0.29, 0.717) is 0 Å². The van der Waals surface area contributed by atoms with Crippen LogP contribution in [0.25, 0.3) is 5.65 Å². The van der Waals surface area contributed by atoms with Crippen LogP contribution in [0.4, 0.5) is 12.9 Å². The molecule has 0 fully saturated rings. The summed E-state index contributed by atoms with van der Waals surface area (Å²) in [4.78, 5) is 3.64. The molecule has 0 amide bonds. The fraction of sp³-hybridized carbons (Fsp3) is 0. The van der Waals surface area contributed by atoms with E-state index in [-0.39, 0.29) is 5.65 Å². The molecule has 0 bridgehead atoms. The van der Waals surface area contributed by atoms with Gasteiger partial charge in [-0.25, -0.2) is 4.98 Å². The van der Waals surface area contributed by atoms with E-state index in [1.54, 1.807) is 0 Å². The fourth-order valence-corrected chi connectivity index (χ4v) is 1.23. The van der Waals surface area contributed by atoms with Gasteiger partial charge in [-0.1, -0.05) is 11.5 Å². The quantitative estimate of drug-likeness (QED) is 0.613. The Bertz CT molecular complexity index is 434. The number of hydrogen-bond donors (Lipinski definition) is 0. The fourth-order valence-electron chi connectivity index (χ4n) is 1.23. The van der Waals surface area contributed by atoms with Crippen LogP contribution >= 0.6 is 0 Å². The van der Waals surface area contributed by atoms with Gasteiger partial charge in [-0.2, -0.15) is 0 Å². The zero-order chi connectivity index (χ0) is 9.47. The van der Waals surface area contributed by atoms with Crippen molar-refractivity contribution < 1.29 is 12.9 Å². The minimum atomic E-state index is -4.97. The summed E-state index contributed by atoms with van der Waals surface area (Å²) in [6.07, 6.45) is 4.37. The van der Waals surface area contributed by atoms with Gasteiger partial charge in [0, 0.05) is 18.6 Å². The summed E-state index contributed by atoms with van der Waals surface area (Å²) < 4.78 is 38.6. The molecule has 0 N–H and O–H groups in total. The van der Waals surface area contributed by atoms with Gasteiger partial charge in [0.2, 0.25) is 0 Å². The van der Waals surface area contributed by atoms with Crippen molar-refractivity contribution in [3.63, 3.8) is 0 Å². The number of aromatic nitrogens is 2. The first-order valence-corrected chi connectivity index (χ1v) is 3.70. The predicted molar refractivity (Wildman–Crippen MR) is 43.9 cm³/mol. The summed E-state index contributed by atoms with van der Waals surface area (Å²) in [5.74, 6) is 0. The molecule has 0 aliphatic heterocycles. The molecule has 0 aromatic carbocycles. The molecule has 0 aliphatic carbocycles. The van der Waals surface area contributed by atoms with Gasteiger partial charge in [-0.15, -0.1) is 0 Å². The molecule has 2 nitrogen and oxygen atoms in total. The summed E-state index contributed by atoms with van der Waals surface area (Å²) in [5, 5.41) is 0. The lowest BCUT2D eigenvalue weighted by Crippen LogP contribution is -2.35. The molecular formula is C7H5BF3N2-. The predicted octanol–water partition coefficient (Wildman–Crippen LogP) is 1.39. The molecule has 2 aromatic rings. The van der Waals surface area contributed by atoms with Crippen LogP contribution in [0.15, 0.2) is 30.7 Å². The molecule has 0 atom stereocenters. The Labute approximate surface area is 72.1 Å². The third-order valence-electron chi connectivity index (χ3n) is 1.80. The van der Waals surface area contributed by atoms with E-state index in [1.165, 1.54) is 29.1 Å². The molecule has 13 heavy (non-hydrogen) atoms. The van der Waals surface area contributed by atoms with Crippen LogP contribution in [0.5, 0.6) is 0 Å². The second-order valence-corrected chi connectivity index (χ2v) is 2.70. The first kappa shape index (κ1) is 8.16. The van der Waals surface area contributed by atoms with Crippen molar-refractivity contribution in [1.82, 2.24) is 9.38 Å². The third kappa shape index (κ3) is 1.28. The van der Waals surface area contributed by atoms with Crippen LogP contribution in [0.1, 0.15) is 0 Å². The summed E-state index contributed by atoms with van der Waals surface area (Å²) in [6, 6.07) is 2.40. The number of fused-ring (bicyclic) bond motifs is 1. The van der Waals surface area contributed by atoms with Gasteiger partial charge in [0.05, 0.1) is 0 Å². The molecule has 0 saturated carbocycles. The van der Waals surface area contributed by atoms with Crippen molar-refractivity contribution in [3.05, 3.63) is 30.7 Å². The van der Waals surface area contributed by atoms with Crippen molar-refractivity contribution in [2.45, 2.75) is 0 Å². The maximum absolute atomic E-state index is 12.4. The third-order valence-corrected chi connectivity index (χ3v) is 1.80. The number of hydrogen-bond acceptors (Lipinski definition) is 1. The lowest BCUT2D eigenvalue weighted by Gasteiger charge is -2.14. The summed E-state index contributed by atoms with van der Waals surface area (Å²) in [7, 11) is 0. The van der Waals surface area contributed by atoms with Gasteiger partial charge < -0.3 is 17.3 Å². The van der Waals surface area contributed by atoms with Crippen LogP contribution in [-0.4, -0.2) is 16.4 Å². The minimum Gasteiger partial charge on any atom is -0.445 e. The molecule has 0 radical (unpaired) electrons. The van der Waals surface area contributed by atoms with Gasteiger partial charge >= 0.3 is 6.98 Å². The van der Waals surface area contributed by atoms with Crippen molar-refractivity contribution in [2.24, 2.45) is 0 Å². The number of imidazole rings is 1. The Morgan fingerprint density at radius 3 is 2.69 bits per heavy atom. The zero-order valence-electron chi connectivity index (χ0n) is 6.49. The van der Waals surface area contributed by atoms with Crippen molar-refractivity contribution in [1.29, 1.82) is 0 Å². The Kier molecular flexibility index (Phi) is 1.58. The van der Waals surface area contributed by atoms with Crippen molar-refractivity contribution in [3.8, 4) is 0 Å². The largest absolute Gasteiger partial charge is 0.513 e. The first-order valence-electron chi connectivity index (χ1n) is 3.70. The Morgan fingerprint density at radius 2 is 2.00 bits per heavy atom. The van der Waals surface area contributed by atoms with Crippen LogP contribution < -0.4 is 5.46 Å². The van der Waals surface area contributed by atoms with Gasteiger partial charge in [0.1, 0.15) is 5.65 Å². The van der Waals surface area contributed by atoms with E-state index >= 15 is 0 Å². The Morgan fingerprint density at radius 1 is 1.23 bits per heavy atom. The van der Waals surface area contributed by atoms with Crippen LogP contribution in [-0.2, 0) is 0 Å². The Balaban J connectivity index is 2.75. The molecule has 68 valence electrons. The second kappa shape index (κ2) is 2.51. The van der Waals surface area contributed by atoms with Crippen LogP contribution in [0, 0.1) is 0 Å². The highest BCUT2D eigenvalue weighted by Crippen LogP contribution is 2.11. The minimum absolute atomic E-state index is 0.0324. The second-order valence-electron chi connectivity index (χ2n) is 2.70. The van der Waals surface area contributed by atoms with Crippen LogP contribution in [0.3, 0.4) is 0 Å². The summed E-state index contributed by atoms with van der Waals surface area (Å²) in [6.45, 7) is -4.97. The molecule has 2 heterocycles. The van der Waals surface area contributed by atoms with Crippen molar-refractivity contribution >= 4 is 18.1 Å². The molecule has 0 spiro atoms. The van der Waals surface area contributed by atoms with E-state index in [4.69, 9.17) is 0 Å². The number of halogens is 3. The SMILES string of the molecule is F[B-](F)(F)c1cccn2ccnc12. The van der Waals surface area contributed by atoms with E-state index in [1.807, 2.05) is 0 Å². The number of nitrogens with zero attached hydrogens (tertiary/aromatic N) is 2. The first-order chi connectivity index (χ1) is 6.09. The van der Waals surface area contributed by atoms with Gasteiger partial charge in [0.25, 0.3) is 0 Å². The Hall–Kier alpha value is -1.46. The normalized spacial score (nSPS) is 12.2. The lowest BCUT2D eigenvalue weighted by molar-refractivity contribution is 0.501. The highest BCUT2D eigenvalue weighted by atomic mass is 19.4. The maximum atomic E-state index is 12.4. The van der Waals surface area contributed by atoms with E-state index in [9.17, 15) is 12.9 Å². The van der Waals surface area contributed by atoms with Crippen LogP contribution in [0.2, 0.25) is 0 Å². The average Bonchev–Trinajstić information content (AvgIpc) is 2.48. The van der Waals surface area contributed by atoms with E-state index in [0.717, 1.165) is 6.07 Å². The molecule has 2 rings (SSSR count). The molecule has 6 heteroatoms. The average molecular weight is 185 g/mol. The summed E-state index contributed by atoms with van der Waals surface area (Å²) in [5.41, 5.74) is -0.678. The van der Waals surface area contributed by atoms with E-state index in [2.05, 4.69) is 4.98 Å².